The molecule has 1 N–H and O–H groups in total. The van der Waals surface area contributed by atoms with Crippen LogP contribution in [0, 0.1) is 18.8 Å². The first-order valence-electron chi connectivity index (χ1n) is 6.62. The third-order valence-electron chi connectivity index (χ3n) is 3.09. The highest BCUT2D eigenvalue weighted by Gasteiger charge is 2.18. The summed E-state index contributed by atoms with van der Waals surface area (Å²) in [4.78, 5) is 0. The van der Waals surface area contributed by atoms with Gasteiger partial charge in [-0.25, -0.2) is 0 Å². The molecule has 1 nitrogen and oxygen atoms in total. The molecule has 2 rings (SSSR count). The molecule has 0 unspecified atom stereocenters. The van der Waals surface area contributed by atoms with E-state index in [9.17, 15) is 5.11 Å². The van der Waals surface area contributed by atoms with E-state index < -0.39 is 5.60 Å². The summed E-state index contributed by atoms with van der Waals surface area (Å²) in [6.45, 7) is 3.76. The van der Waals surface area contributed by atoms with Crippen LogP contribution >= 0.6 is 0 Å². The Morgan fingerprint density at radius 1 is 1.00 bits per heavy atom. The van der Waals surface area contributed by atoms with Crippen LogP contribution in [0.1, 0.15) is 23.6 Å². The molecule has 0 spiro atoms. The molecule has 0 saturated heterocycles. The van der Waals surface area contributed by atoms with Gasteiger partial charge in [0.1, 0.15) is 5.60 Å². The lowest BCUT2D eigenvalue weighted by molar-refractivity contribution is 0.122. The Balaban J connectivity index is 2.09. The predicted molar refractivity (Wildman–Crippen MR) is 84.0 cm³/mol. The highest BCUT2D eigenvalue weighted by atomic mass is 16.3. The van der Waals surface area contributed by atoms with E-state index in [1.807, 2.05) is 48.5 Å². The molecule has 0 aromatic heterocycles. The van der Waals surface area contributed by atoms with E-state index in [4.69, 9.17) is 0 Å². The van der Waals surface area contributed by atoms with Crippen molar-refractivity contribution in [2.75, 3.05) is 0 Å². The molecule has 0 fully saturated rings. The second-order valence-electron chi connectivity index (χ2n) is 4.95. The average molecular weight is 262 g/mol. The zero-order valence-electron chi connectivity index (χ0n) is 11.8. The van der Waals surface area contributed by atoms with Crippen LogP contribution in [0.3, 0.4) is 0 Å². The van der Waals surface area contributed by atoms with Crippen molar-refractivity contribution in [1.82, 2.24) is 0 Å². The molecule has 0 bridgehead atoms. The van der Waals surface area contributed by atoms with Crippen LogP contribution in [0.25, 0.3) is 6.08 Å². The molecule has 20 heavy (non-hydrogen) atoms. The van der Waals surface area contributed by atoms with Gasteiger partial charge in [-0.1, -0.05) is 72.0 Å². The number of hydrogen-bond donors (Lipinski definition) is 1. The number of aryl methyl sites for hydroxylation is 1. The number of hydrogen-bond acceptors (Lipinski definition) is 1. The molecule has 1 heteroatoms. The van der Waals surface area contributed by atoms with Crippen LogP contribution in [0.4, 0.5) is 0 Å². The monoisotopic (exact) mass is 262 g/mol. The van der Waals surface area contributed by atoms with E-state index in [0.717, 1.165) is 11.1 Å². The van der Waals surface area contributed by atoms with E-state index in [1.54, 1.807) is 13.0 Å². The van der Waals surface area contributed by atoms with Gasteiger partial charge in [0.05, 0.1) is 0 Å². The predicted octanol–water partition coefficient (Wildman–Crippen LogP) is 3.92. The summed E-state index contributed by atoms with van der Waals surface area (Å²) in [5.74, 6) is 5.78. The van der Waals surface area contributed by atoms with E-state index in [1.165, 1.54) is 5.56 Å². The molecular weight excluding hydrogens is 244 g/mol. The van der Waals surface area contributed by atoms with E-state index >= 15 is 0 Å². The maximum Gasteiger partial charge on any atom is 0.148 e. The Morgan fingerprint density at radius 2 is 1.65 bits per heavy atom. The van der Waals surface area contributed by atoms with Gasteiger partial charge in [-0.15, -0.1) is 0 Å². The molecule has 0 saturated carbocycles. The minimum absolute atomic E-state index is 0.802. The largest absolute Gasteiger partial charge is 0.374 e. The average Bonchev–Trinajstić information content (AvgIpc) is 2.46. The number of allylic oxidation sites excluding steroid dienone is 1. The quantitative estimate of drug-likeness (QED) is 0.813. The standard InChI is InChI=1S/C19H18O/c1-16-11-13-17(14-12-16)8-6-7-15-19(2,20)18-9-4-3-5-10-18/h3-6,8-14,20H,1-2H3/b8-6-/t19-/m0/s1. The third kappa shape index (κ3) is 3.85. The minimum Gasteiger partial charge on any atom is -0.374 e. The van der Waals surface area contributed by atoms with Gasteiger partial charge in [-0.05, 0) is 37.1 Å². The van der Waals surface area contributed by atoms with Gasteiger partial charge in [0.2, 0.25) is 0 Å². The SMILES string of the molecule is Cc1ccc(/C=C\C#C[C@](C)(O)c2ccccc2)cc1. The minimum atomic E-state index is -1.13. The summed E-state index contributed by atoms with van der Waals surface area (Å²) in [5, 5.41) is 10.3. The molecular formula is C19H18O. The molecule has 0 aliphatic heterocycles. The summed E-state index contributed by atoms with van der Waals surface area (Å²) in [5.41, 5.74) is 2.01. The highest BCUT2D eigenvalue weighted by molar-refractivity contribution is 5.53. The third-order valence-corrected chi connectivity index (χ3v) is 3.09. The summed E-state index contributed by atoms with van der Waals surface area (Å²) in [7, 11) is 0. The number of rotatable bonds is 2. The van der Waals surface area contributed by atoms with Crippen LogP contribution in [-0.2, 0) is 5.60 Å². The smallest absolute Gasteiger partial charge is 0.148 e. The van der Waals surface area contributed by atoms with Crippen molar-refractivity contribution in [2.24, 2.45) is 0 Å². The fraction of sp³-hybridized carbons (Fsp3) is 0.158. The van der Waals surface area contributed by atoms with Crippen LogP contribution in [0.15, 0.2) is 60.7 Å². The van der Waals surface area contributed by atoms with Crippen molar-refractivity contribution < 1.29 is 5.11 Å². The Bertz CT molecular complexity index is 638. The molecule has 2 aromatic carbocycles. The Hall–Kier alpha value is -2.30. The molecule has 0 radical (unpaired) electrons. The summed E-state index contributed by atoms with van der Waals surface area (Å²) >= 11 is 0. The Morgan fingerprint density at radius 3 is 2.30 bits per heavy atom. The number of aliphatic hydroxyl groups is 1. The Labute approximate surface area is 120 Å². The first-order valence-corrected chi connectivity index (χ1v) is 6.62. The van der Waals surface area contributed by atoms with Crippen molar-refractivity contribution in [3.05, 3.63) is 77.4 Å². The summed E-state index contributed by atoms with van der Waals surface area (Å²) in [6, 6.07) is 17.7. The van der Waals surface area contributed by atoms with E-state index in [-0.39, 0.29) is 0 Å². The van der Waals surface area contributed by atoms with Crippen LogP contribution in [0.2, 0.25) is 0 Å². The summed E-state index contributed by atoms with van der Waals surface area (Å²) < 4.78 is 0. The fourth-order valence-corrected chi connectivity index (χ4v) is 1.83. The maximum absolute atomic E-state index is 10.3. The van der Waals surface area contributed by atoms with Crippen LogP contribution in [-0.4, -0.2) is 5.11 Å². The summed E-state index contributed by atoms with van der Waals surface area (Å²) in [6.07, 6.45) is 3.70. The highest BCUT2D eigenvalue weighted by Crippen LogP contribution is 2.18. The maximum atomic E-state index is 10.3. The second-order valence-corrected chi connectivity index (χ2v) is 4.95. The molecule has 0 aliphatic carbocycles. The van der Waals surface area contributed by atoms with Crippen molar-refractivity contribution in [3.8, 4) is 11.8 Å². The molecule has 0 amide bonds. The van der Waals surface area contributed by atoms with Gasteiger partial charge in [-0.2, -0.15) is 0 Å². The zero-order valence-corrected chi connectivity index (χ0v) is 11.8. The van der Waals surface area contributed by atoms with Gasteiger partial charge in [0.25, 0.3) is 0 Å². The van der Waals surface area contributed by atoms with Gasteiger partial charge in [-0.3, -0.25) is 0 Å². The van der Waals surface area contributed by atoms with Gasteiger partial charge >= 0.3 is 0 Å². The molecule has 0 heterocycles. The number of benzene rings is 2. The van der Waals surface area contributed by atoms with Crippen molar-refractivity contribution in [2.45, 2.75) is 19.4 Å². The van der Waals surface area contributed by atoms with Crippen molar-refractivity contribution in [1.29, 1.82) is 0 Å². The molecule has 100 valence electrons. The first kappa shape index (κ1) is 14.1. The lowest BCUT2D eigenvalue weighted by Gasteiger charge is -2.16. The van der Waals surface area contributed by atoms with Crippen LogP contribution in [0.5, 0.6) is 0 Å². The lowest BCUT2D eigenvalue weighted by Crippen LogP contribution is -2.17. The van der Waals surface area contributed by atoms with Crippen LogP contribution < -0.4 is 0 Å². The Kier molecular flexibility index (Phi) is 4.40. The van der Waals surface area contributed by atoms with Gasteiger partial charge in [0.15, 0.2) is 0 Å². The van der Waals surface area contributed by atoms with Gasteiger partial charge < -0.3 is 5.11 Å². The van der Waals surface area contributed by atoms with Crippen molar-refractivity contribution >= 4 is 6.08 Å². The molecule has 2 aromatic rings. The molecule has 0 aliphatic rings. The lowest BCUT2D eigenvalue weighted by atomic mass is 9.97. The van der Waals surface area contributed by atoms with E-state index in [2.05, 4.69) is 30.9 Å². The van der Waals surface area contributed by atoms with E-state index in [0.29, 0.717) is 0 Å². The molecule has 1 atom stereocenters. The van der Waals surface area contributed by atoms with Crippen molar-refractivity contribution in [3.63, 3.8) is 0 Å². The normalized spacial score (nSPS) is 13.6. The zero-order chi connectivity index (χ0) is 14.4. The second kappa shape index (κ2) is 6.23. The topological polar surface area (TPSA) is 20.2 Å². The van der Waals surface area contributed by atoms with Gasteiger partial charge in [0, 0.05) is 0 Å². The fourth-order valence-electron chi connectivity index (χ4n) is 1.83. The first-order chi connectivity index (χ1) is 9.58.